The Morgan fingerprint density at radius 2 is 1.95 bits per heavy atom. The van der Waals surface area contributed by atoms with Crippen LogP contribution < -0.4 is 0 Å². The molecule has 94 valence electrons. The predicted molar refractivity (Wildman–Crippen MR) is 70.1 cm³/mol. The second-order valence-electron chi connectivity index (χ2n) is 4.31. The number of aromatic nitrogens is 3. The number of carbonyl (C=O) groups is 1. The fraction of sp³-hybridized carbons (Fsp3) is 0.0714. The van der Waals surface area contributed by atoms with Crippen molar-refractivity contribution in [3.05, 3.63) is 53.7 Å². The van der Waals surface area contributed by atoms with E-state index in [1.807, 2.05) is 25.3 Å². The van der Waals surface area contributed by atoms with Crippen molar-refractivity contribution in [3.8, 4) is 11.4 Å². The monoisotopic (exact) mass is 253 g/mol. The first-order valence-electron chi connectivity index (χ1n) is 5.81. The fourth-order valence-corrected chi connectivity index (χ4v) is 2.05. The van der Waals surface area contributed by atoms with Crippen LogP contribution in [0, 0.1) is 6.92 Å². The Labute approximate surface area is 109 Å². The summed E-state index contributed by atoms with van der Waals surface area (Å²) in [5, 5.41) is 17.4. The summed E-state index contributed by atoms with van der Waals surface area (Å²) in [5.74, 6) is -0.434. The molecule has 2 aromatic heterocycles. The maximum absolute atomic E-state index is 11.3. The number of hydrogen-bond acceptors (Lipinski definition) is 3. The Hall–Kier alpha value is -2.69. The maximum Gasteiger partial charge on any atom is 0.336 e. The summed E-state index contributed by atoms with van der Waals surface area (Å²) in [6.07, 6.45) is 1.89. The maximum atomic E-state index is 11.3. The first-order valence-corrected chi connectivity index (χ1v) is 5.81. The minimum atomic E-state index is -0.972. The van der Waals surface area contributed by atoms with Gasteiger partial charge in [-0.25, -0.2) is 4.79 Å². The second-order valence-corrected chi connectivity index (χ2v) is 4.31. The number of aromatic carboxylic acids is 1. The highest BCUT2D eigenvalue weighted by Gasteiger charge is 2.15. The fourth-order valence-electron chi connectivity index (χ4n) is 2.05. The van der Waals surface area contributed by atoms with Crippen molar-refractivity contribution < 1.29 is 9.90 Å². The number of rotatable bonds is 2. The molecule has 0 fully saturated rings. The molecular weight excluding hydrogens is 242 g/mol. The van der Waals surface area contributed by atoms with Gasteiger partial charge in [-0.3, -0.25) is 4.40 Å². The summed E-state index contributed by atoms with van der Waals surface area (Å²) in [4.78, 5) is 11.3. The molecule has 19 heavy (non-hydrogen) atoms. The normalized spacial score (nSPS) is 10.8. The van der Waals surface area contributed by atoms with Crippen molar-refractivity contribution in [2.24, 2.45) is 0 Å². The van der Waals surface area contributed by atoms with E-state index in [9.17, 15) is 9.90 Å². The summed E-state index contributed by atoms with van der Waals surface area (Å²) in [6, 6.07) is 10.6. The van der Waals surface area contributed by atoms with Crippen LogP contribution in [0.3, 0.4) is 0 Å². The summed E-state index contributed by atoms with van der Waals surface area (Å²) in [6.45, 7) is 1.96. The molecule has 0 amide bonds. The van der Waals surface area contributed by atoms with Crippen LogP contribution in [0.2, 0.25) is 0 Å². The third kappa shape index (κ3) is 1.85. The average Bonchev–Trinajstić information content (AvgIpc) is 2.81. The molecule has 0 spiro atoms. The van der Waals surface area contributed by atoms with E-state index in [0.29, 0.717) is 17.0 Å². The van der Waals surface area contributed by atoms with E-state index in [2.05, 4.69) is 10.2 Å². The Morgan fingerprint density at radius 3 is 2.74 bits per heavy atom. The molecule has 0 aliphatic carbocycles. The smallest absolute Gasteiger partial charge is 0.336 e. The zero-order valence-electron chi connectivity index (χ0n) is 10.2. The van der Waals surface area contributed by atoms with Gasteiger partial charge in [0.1, 0.15) is 0 Å². The van der Waals surface area contributed by atoms with Gasteiger partial charge in [0.2, 0.25) is 0 Å². The van der Waals surface area contributed by atoms with E-state index in [-0.39, 0.29) is 5.56 Å². The lowest BCUT2D eigenvalue weighted by Gasteiger charge is -2.04. The van der Waals surface area contributed by atoms with Crippen molar-refractivity contribution in [1.29, 1.82) is 0 Å². The third-order valence-electron chi connectivity index (χ3n) is 2.95. The van der Waals surface area contributed by atoms with E-state index in [1.165, 1.54) is 0 Å². The van der Waals surface area contributed by atoms with E-state index >= 15 is 0 Å². The molecule has 0 aliphatic rings. The SMILES string of the molecule is Cc1ccc2nnc(-c3ccccc3C(=O)O)n2c1. The van der Waals surface area contributed by atoms with Crippen molar-refractivity contribution in [1.82, 2.24) is 14.6 Å². The Morgan fingerprint density at radius 1 is 1.16 bits per heavy atom. The van der Waals surface area contributed by atoms with Gasteiger partial charge in [0.25, 0.3) is 0 Å². The molecule has 5 heteroatoms. The van der Waals surface area contributed by atoms with Crippen LogP contribution >= 0.6 is 0 Å². The van der Waals surface area contributed by atoms with Crippen LogP contribution in [-0.4, -0.2) is 25.7 Å². The molecule has 0 atom stereocenters. The number of benzene rings is 1. The Kier molecular flexibility index (Phi) is 2.52. The summed E-state index contributed by atoms with van der Waals surface area (Å²) >= 11 is 0. The average molecular weight is 253 g/mol. The van der Waals surface area contributed by atoms with Gasteiger partial charge in [-0.15, -0.1) is 10.2 Å². The molecule has 0 saturated heterocycles. The molecule has 1 aromatic carbocycles. The number of aryl methyl sites for hydroxylation is 1. The number of nitrogens with zero attached hydrogens (tertiary/aromatic N) is 3. The lowest BCUT2D eigenvalue weighted by atomic mass is 10.1. The largest absolute Gasteiger partial charge is 0.478 e. The second kappa shape index (κ2) is 4.20. The van der Waals surface area contributed by atoms with Crippen LogP contribution in [0.5, 0.6) is 0 Å². The minimum absolute atomic E-state index is 0.221. The van der Waals surface area contributed by atoms with Gasteiger partial charge < -0.3 is 5.11 Å². The van der Waals surface area contributed by atoms with Gasteiger partial charge in [0, 0.05) is 11.8 Å². The van der Waals surface area contributed by atoms with E-state index in [1.54, 1.807) is 28.7 Å². The highest BCUT2D eigenvalue weighted by molar-refractivity contribution is 5.95. The topological polar surface area (TPSA) is 67.5 Å². The first kappa shape index (κ1) is 11.4. The first-order chi connectivity index (χ1) is 9.16. The molecule has 1 N–H and O–H groups in total. The number of carboxylic acids is 1. The molecule has 0 unspecified atom stereocenters. The molecule has 0 aliphatic heterocycles. The van der Waals surface area contributed by atoms with Gasteiger partial charge >= 0.3 is 5.97 Å². The van der Waals surface area contributed by atoms with Gasteiger partial charge in [-0.2, -0.15) is 0 Å². The molecule has 0 bridgehead atoms. The zero-order valence-corrected chi connectivity index (χ0v) is 10.2. The molecule has 0 radical (unpaired) electrons. The highest BCUT2D eigenvalue weighted by Crippen LogP contribution is 2.22. The lowest BCUT2D eigenvalue weighted by molar-refractivity contribution is 0.0697. The molecule has 3 aromatic rings. The van der Waals surface area contributed by atoms with Crippen LogP contribution in [0.1, 0.15) is 15.9 Å². The molecular formula is C14H11N3O2. The van der Waals surface area contributed by atoms with E-state index < -0.39 is 5.97 Å². The van der Waals surface area contributed by atoms with E-state index in [4.69, 9.17) is 0 Å². The van der Waals surface area contributed by atoms with Gasteiger partial charge in [0.15, 0.2) is 11.5 Å². The quantitative estimate of drug-likeness (QED) is 0.761. The summed E-state index contributed by atoms with van der Waals surface area (Å²) in [5.41, 5.74) is 2.54. The summed E-state index contributed by atoms with van der Waals surface area (Å²) < 4.78 is 1.80. The van der Waals surface area contributed by atoms with Gasteiger partial charge in [-0.05, 0) is 24.6 Å². The third-order valence-corrected chi connectivity index (χ3v) is 2.95. The molecule has 5 nitrogen and oxygen atoms in total. The van der Waals surface area contributed by atoms with Crippen molar-refractivity contribution >= 4 is 11.6 Å². The number of carboxylic acid groups (broad SMARTS) is 1. The Bertz CT molecular complexity index is 777. The highest BCUT2D eigenvalue weighted by atomic mass is 16.4. The predicted octanol–water partition coefficient (Wildman–Crippen LogP) is 2.40. The van der Waals surface area contributed by atoms with Crippen LogP contribution in [0.25, 0.3) is 17.0 Å². The molecule has 2 heterocycles. The molecule has 3 rings (SSSR count). The van der Waals surface area contributed by atoms with Crippen LogP contribution in [-0.2, 0) is 0 Å². The van der Waals surface area contributed by atoms with Crippen LogP contribution in [0.15, 0.2) is 42.6 Å². The van der Waals surface area contributed by atoms with Crippen molar-refractivity contribution in [2.45, 2.75) is 6.92 Å². The van der Waals surface area contributed by atoms with Crippen molar-refractivity contribution in [2.75, 3.05) is 0 Å². The summed E-state index contributed by atoms with van der Waals surface area (Å²) in [7, 11) is 0. The van der Waals surface area contributed by atoms with Crippen molar-refractivity contribution in [3.63, 3.8) is 0 Å². The Balaban J connectivity index is 2.31. The van der Waals surface area contributed by atoms with Crippen LogP contribution in [0.4, 0.5) is 0 Å². The van der Waals surface area contributed by atoms with Gasteiger partial charge in [-0.1, -0.05) is 24.3 Å². The zero-order chi connectivity index (χ0) is 13.4. The number of pyridine rings is 1. The number of fused-ring (bicyclic) bond motifs is 1. The number of hydrogen-bond donors (Lipinski definition) is 1. The van der Waals surface area contributed by atoms with E-state index in [0.717, 1.165) is 5.56 Å². The van der Waals surface area contributed by atoms with Gasteiger partial charge in [0.05, 0.1) is 5.56 Å². The standard InChI is InChI=1S/C14H11N3O2/c1-9-6-7-12-15-16-13(17(12)8-9)10-4-2-3-5-11(10)14(18)19/h2-8H,1H3,(H,18,19). The lowest BCUT2D eigenvalue weighted by Crippen LogP contribution is -2.01. The minimum Gasteiger partial charge on any atom is -0.478 e. The molecule has 0 saturated carbocycles.